The zero-order valence-electron chi connectivity index (χ0n) is 17.4. The van der Waals surface area contributed by atoms with Crippen molar-refractivity contribution in [2.75, 3.05) is 0 Å². The quantitative estimate of drug-likeness (QED) is 0.241. The second kappa shape index (κ2) is 8.04. The van der Waals surface area contributed by atoms with Crippen molar-refractivity contribution in [1.82, 2.24) is 4.98 Å². The molecule has 0 unspecified atom stereocenters. The van der Waals surface area contributed by atoms with Crippen molar-refractivity contribution in [1.29, 1.82) is 0 Å². The van der Waals surface area contributed by atoms with E-state index in [9.17, 15) is 4.79 Å². The Balaban J connectivity index is 1.87. The topological polar surface area (TPSA) is 39.2 Å². The van der Waals surface area contributed by atoms with Crippen molar-refractivity contribution < 1.29 is 9.53 Å². The lowest BCUT2D eigenvalue weighted by atomic mass is 10.00. The number of benzene rings is 3. The Morgan fingerprint density at radius 2 is 1.47 bits per heavy atom. The first-order valence-corrected chi connectivity index (χ1v) is 10.6. The van der Waals surface area contributed by atoms with Gasteiger partial charge in [-0.2, -0.15) is 0 Å². The maximum atomic E-state index is 13.3. The normalized spacial score (nSPS) is 11.0. The standard InChI is InChI=1S/C26H22BrNO2/c1-15-9-16(2)12-21(11-15)30-26(29)23-14-24(19-5-7-20(27)8-6-19)28-25-18(4)10-17(3)13-22(23)25/h5-14H,1-4H3. The van der Waals surface area contributed by atoms with Crippen molar-refractivity contribution in [2.24, 2.45) is 0 Å². The largest absolute Gasteiger partial charge is 0.423 e. The molecule has 0 radical (unpaired) electrons. The van der Waals surface area contributed by atoms with Gasteiger partial charge in [0, 0.05) is 15.4 Å². The molecule has 4 rings (SSSR count). The average molecular weight is 460 g/mol. The number of aromatic nitrogens is 1. The summed E-state index contributed by atoms with van der Waals surface area (Å²) in [5.41, 5.74) is 7.24. The molecule has 3 aromatic carbocycles. The van der Waals surface area contributed by atoms with Crippen LogP contribution >= 0.6 is 15.9 Å². The van der Waals surface area contributed by atoms with Crippen LogP contribution in [0.3, 0.4) is 0 Å². The highest BCUT2D eigenvalue weighted by Gasteiger charge is 2.18. The highest BCUT2D eigenvalue weighted by atomic mass is 79.9. The summed E-state index contributed by atoms with van der Waals surface area (Å²) in [4.78, 5) is 18.1. The minimum Gasteiger partial charge on any atom is -0.423 e. The molecule has 4 aromatic rings. The van der Waals surface area contributed by atoms with Crippen molar-refractivity contribution >= 4 is 32.8 Å². The third-order valence-corrected chi connectivity index (χ3v) is 5.54. The Hall–Kier alpha value is -2.98. The molecule has 30 heavy (non-hydrogen) atoms. The molecule has 0 saturated heterocycles. The van der Waals surface area contributed by atoms with Crippen LogP contribution in [-0.4, -0.2) is 11.0 Å². The molecule has 0 bridgehead atoms. The predicted molar refractivity (Wildman–Crippen MR) is 125 cm³/mol. The van der Waals surface area contributed by atoms with Crippen LogP contribution in [0, 0.1) is 27.7 Å². The first-order chi connectivity index (χ1) is 14.3. The maximum absolute atomic E-state index is 13.3. The summed E-state index contributed by atoms with van der Waals surface area (Å²) in [6, 6.07) is 19.6. The molecule has 0 spiro atoms. The maximum Gasteiger partial charge on any atom is 0.344 e. The third kappa shape index (κ3) is 4.14. The summed E-state index contributed by atoms with van der Waals surface area (Å²) < 4.78 is 6.78. The fourth-order valence-electron chi connectivity index (χ4n) is 3.77. The molecule has 0 aliphatic carbocycles. The van der Waals surface area contributed by atoms with Crippen LogP contribution < -0.4 is 4.74 Å². The molecular weight excluding hydrogens is 438 g/mol. The number of halogens is 1. The van der Waals surface area contributed by atoms with Gasteiger partial charge in [0.05, 0.1) is 16.8 Å². The fraction of sp³-hybridized carbons (Fsp3) is 0.154. The first kappa shape index (κ1) is 20.3. The van der Waals surface area contributed by atoms with E-state index in [1.54, 1.807) is 0 Å². The SMILES string of the molecule is Cc1cc(C)cc(OC(=O)c2cc(-c3ccc(Br)cc3)nc3c(C)cc(C)cc23)c1. The molecule has 150 valence electrons. The molecule has 0 atom stereocenters. The van der Waals surface area contributed by atoms with E-state index in [-0.39, 0.29) is 5.97 Å². The summed E-state index contributed by atoms with van der Waals surface area (Å²) in [5, 5.41) is 0.808. The lowest BCUT2D eigenvalue weighted by Gasteiger charge is -2.13. The van der Waals surface area contributed by atoms with Gasteiger partial charge in [-0.25, -0.2) is 9.78 Å². The van der Waals surface area contributed by atoms with Gasteiger partial charge in [-0.15, -0.1) is 0 Å². The van der Waals surface area contributed by atoms with Crippen molar-refractivity contribution in [3.8, 4) is 17.0 Å². The van der Waals surface area contributed by atoms with Crippen molar-refractivity contribution in [3.63, 3.8) is 0 Å². The molecule has 0 N–H and O–H groups in total. The number of aryl methyl sites for hydroxylation is 4. The van der Waals surface area contributed by atoms with Gasteiger partial charge in [-0.1, -0.05) is 45.8 Å². The second-order valence-corrected chi connectivity index (χ2v) is 8.67. The molecule has 0 aliphatic rings. The summed E-state index contributed by atoms with van der Waals surface area (Å²) in [5.74, 6) is 0.174. The average Bonchev–Trinajstić information content (AvgIpc) is 2.67. The third-order valence-electron chi connectivity index (χ3n) is 5.01. The van der Waals surface area contributed by atoms with Crippen LogP contribution in [0.4, 0.5) is 0 Å². The highest BCUT2D eigenvalue weighted by Crippen LogP contribution is 2.30. The van der Waals surface area contributed by atoms with Crippen molar-refractivity contribution in [2.45, 2.75) is 27.7 Å². The van der Waals surface area contributed by atoms with E-state index in [0.717, 1.165) is 48.9 Å². The van der Waals surface area contributed by atoms with Crippen LogP contribution in [0.2, 0.25) is 0 Å². The molecule has 3 nitrogen and oxygen atoms in total. The summed E-state index contributed by atoms with van der Waals surface area (Å²) >= 11 is 3.47. The Bertz CT molecular complexity index is 1260. The van der Waals surface area contributed by atoms with Crippen LogP contribution in [-0.2, 0) is 0 Å². The number of carbonyl (C=O) groups is 1. The number of fused-ring (bicyclic) bond motifs is 1. The van der Waals surface area contributed by atoms with Crippen LogP contribution in [0.15, 0.2) is 65.1 Å². The smallest absolute Gasteiger partial charge is 0.344 e. The fourth-order valence-corrected chi connectivity index (χ4v) is 4.04. The number of hydrogen-bond donors (Lipinski definition) is 0. The number of ether oxygens (including phenoxy) is 1. The molecule has 0 aliphatic heterocycles. The molecule has 1 aromatic heterocycles. The number of nitrogens with zero attached hydrogens (tertiary/aromatic N) is 1. The van der Waals surface area contributed by atoms with E-state index >= 15 is 0 Å². The van der Waals surface area contributed by atoms with Crippen LogP contribution in [0.1, 0.15) is 32.6 Å². The lowest BCUT2D eigenvalue weighted by Crippen LogP contribution is -2.11. The predicted octanol–water partition coefficient (Wildman–Crippen LogP) is 7.12. The van der Waals surface area contributed by atoms with E-state index in [1.807, 2.05) is 76.2 Å². The summed E-state index contributed by atoms with van der Waals surface area (Å²) in [7, 11) is 0. The van der Waals surface area contributed by atoms with E-state index in [4.69, 9.17) is 9.72 Å². The van der Waals surface area contributed by atoms with Gasteiger partial charge in [0.15, 0.2) is 0 Å². The summed E-state index contributed by atoms with van der Waals surface area (Å²) in [6.45, 7) is 8.02. The Kier molecular flexibility index (Phi) is 5.44. The van der Waals surface area contributed by atoms with Gasteiger partial charge in [-0.05, 0) is 80.8 Å². The van der Waals surface area contributed by atoms with Gasteiger partial charge in [0.2, 0.25) is 0 Å². The van der Waals surface area contributed by atoms with Gasteiger partial charge in [0.25, 0.3) is 0 Å². The Labute approximate surface area is 184 Å². The molecular formula is C26H22BrNO2. The van der Waals surface area contributed by atoms with Gasteiger partial charge in [-0.3, -0.25) is 0 Å². The summed E-state index contributed by atoms with van der Waals surface area (Å²) in [6.07, 6.45) is 0. The molecule has 1 heterocycles. The van der Waals surface area contributed by atoms with E-state index in [2.05, 4.69) is 28.1 Å². The van der Waals surface area contributed by atoms with Gasteiger partial charge >= 0.3 is 5.97 Å². The molecule has 4 heteroatoms. The Morgan fingerprint density at radius 3 is 2.13 bits per heavy atom. The van der Waals surface area contributed by atoms with Crippen LogP contribution in [0.5, 0.6) is 5.75 Å². The minimum atomic E-state index is -0.379. The highest BCUT2D eigenvalue weighted by molar-refractivity contribution is 9.10. The lowest BCUT2D eigenvalue weighted by molar-refractivity contribution is 0.0736. The number of hydrogen-bond acceptors (Lipinski definition) is 3. The van der Waals surface area contributed by atoms with Crippen molar-refractivity contribution in [3.05, 3.63) is 93.0 Å². The van der Waals surface area contributed by atoms with Gasteiger partial charge < -0.3 is 4.74 Å². The number of esters is 1. The van der Waals surface area contributed by atoms with Crippen LogP contribution in [0.25, 0.3) is 22.2 Å². The van der Waals surface area contributed by atoms with Gasteiger partial charge in [0.1, 0.15) is 5.75 Å². The van der Waals surface area contributed by atoms with E-state index < -0.39 is 0 Å². The first-order valence-electron chi connectivity index (χ1n) is 9.78. The Morgan fingerprint density at radius 1 is 0.833 bits per heavy atom. The number of carbonyl (C=O) groups excluding carboxylic acids is 1. The molecule has 0 fully saturated rings. The minimum absolute atomic E-state index is 0.379. The molecule has 0 amide bonds. The van der Waals surface area contributed by atoms with E-state index in [1.165, 1.54) is 0 Å². The second-order valence-electron chi connectivity index (χ2n) is 7.75. The zero-order valence-corrected chi connectivity index (χ0v) is 19.0. The van der Waals surface area contributed by atoms with E-state index in [0.29, 0.717) is 11.3 Å². The monoisotopic (exact) mass is 459 g/mol. The number of pyridine rings is 1. The zero-order chi connectivity index (χ0) is 21.4. The number of rotatable bonds is 3. The molecule has 0 saturated carbocycles.